The molecule has 8 atom stereocenters. The second kappa shape index (κ2) is 4.92. The number of epoxide rings is 1. The molecule has 2 aromatic carbocycles. The van der Waals surface area contributed by atoms with Gasteiger partial charge in [-0.2, -0.15) is 0 Å². The molecule has 2 aliphatic heterocycles. The van der Waals surface area contributed by atoms with Crippen molar-refractivity contribution >= 4 is 5.97 Å². The fourth-order valence-electron chi connectivity index (χ4n) is 8.77. The number of likely N-dealkylation sites (N-methyl/N-ethyl adjacent to an activating group) is 1. The summed E-state index contributed by atoms with van der Waals surface area (Å²) in [6.07, 6.45) is 2.73. The number of hydrogen-bond acceptors (Lipinski definition) is 3. The fraction of sp³-hybridized carbons (Fsp3) is 0.519. The Morgan fingerprint density at radius 1 is 1.03 bits per heavy atom. The Bertz CT molecular complexity index is 1140. The van der Waals surface area contributed by atoms with Crippen LogP contribution in [0.3, 0.4) is 0 Å². The summed E-state index contributed by atoms with van der Waals surface area (Å²) in [5.74, 6) is 1.80. The van der Waals surface area contributed by atoms with Crippen LogP contribution in [0.1, 0.15) is 30.9 Å². The number of likely N-dealkylation sites (tertiary alicyclic amines) is 1. The zero-order chi connectivity index (χ0) is 20.9. The van der Waals surface area contributed by atoms with Crippen LogP contribution < -0.4 is 0 Å². The first-order valence-corrected chi connectivity index (χ1v) is 11.8. The molecule has 0 N–H and O–H groups in total. The number of quaternary nitrogens is 1. The minimum atomic E-state index is -0.737. The standard InChI is InChI=1S/C27H28NO3/c1-26(17-10-6-4-8-14(17)15-9-5-7-11-18(15)26)25(29)30-21-13-20-22-16(21)12-19-24-27(19,31-24)23(22)28(20,2)3/h4-11,16,19-24H,12-13H2,1-3H3/q+1/t16?,19?,20?,21-,22?,23?,24?,27?/m0/s1. The van der Waals surface area contributed by atoms with Gasteiger partial charge in [0.1, 0.15) is 23.6 Å². The number of benzene rings is 2. The molecule has 4 nitrogen and oxygen atoms in total. The summed E-state index contributed by atoms with van der Waals surface area (Å²) in [6, 6.07) is 17.9. The molecular weight excluding hydrogens is 386 g/mol. The van der Waals surface area contributed by atoms with Crippen molar-refractivity contribution in [3.05, 3.63) is 59.7 Å². The molecule has 0 radical (unpaired) electrons. The van der Waals surface area contributed by atoms with Crippen molar-refractivity contribution in [2.24, 2.45) is 17.8 Å². The van der Waals surface area contributed by atoms with Gasteiger partial charge in [0.05, 0.1) is 26.1 Å². The Morgan fingerprint density at radius 2 is 1.68 bits per heavy atom. The van der Waals surface area contributed by atoms with Crippen molar-refractivity contribution in [2.45, 2.75) is 55.1 Å². The molecule has 2 aromatic rings. The third kappa shape index (κ3) is 1.69. The van der Waals surface area contributed by atoms with Gasteiger partial charge in [-0.15, -0.1) is 0 Å². The minimum Gasteiger partial charge on any atom is -0.461 e. The van der Waals surface area contributed by atoms with E-state index in [0.29, 0.717) is 35.9 Å². The summed E-state index contributed by atoms with van der Waals surface area (Å²) < 4.78 is 13.6. The van der Waals surface area contributed by atoms with E-state index in [9.17, 15) is 4.79 Å². The van der Waals surface area contributed by atoms with Crippen LogP contribution in [-0.4, -0.2) is 54.4 Å². The Labute approximate surface area is 182 Å². The van der Waals surface area contributed by atoms with Gasteiger partial charge in [0.2, 0.25) is 0 Å². The molecule has 0 amide bonds. The molecular formula is C27H28NO3+. The lowest BCUT2D eigenvalue weighted by atomic mass is 9.66. The summed E-state index contributed by atoms with van der Waals surface area (Å²) in [6.45, 7) is 2.06. The zero-order valence-electron chi connectivity index (χ0n) is 18.2. The van der Waals surface area contributed by atoms with Crippen LogP contribution in [0.15, 0.2) is 48.5 Å². The normalized spacial score (nSPS) is 44.7. The second-order valence-corrected chi connectivity index (χ2v) is 11.5. The van der Waals surface area contributed by atoms with Crippen LogP contribution in [0.4, 0.5) is 0 Å². The first-order valence-electron chi connectivity index (χ1n) is 11.8. The molecule has 6 aliphatic rings. The molecule has 2 heterocycles. The van der Waals surface area contributed by atoms with E-state index in [1.165, 1.54) is 6.42 Å². The van der Waals surface area contributed by atoms with Crippen molar-refractivity contribution in [3.63, 3.8) is 0 Å². The van der Waals surface area contributed by atoms with Crippen molar-refractivity contribution in [1.82, 2.24) is 0 Å². The summed E-state index contributed by atoms with van der Waals surface area (Å²) >= 11 is 0. The number of carbonyl (C=O) groups excluding carboxylic acids is 1. The lowest BCUT2D eigenvalue weighted by molar-refractivity contribution is -0.996. The van der Waals surface area contributed by atoms with Gasteiger partial charge in [0.25, 0.3) is 0 Å². The quantitative estimate of drug-likeness (QED) is 0.429. The maximum absolute atomic E-state index is 13.9. The molecule has 1 spiro atoms. The molecule has 0 aromatic heterocycles. The van der Waals surface area contributed by atoms with Gasteiger partial charge in [0, 0.05) is 18.3 Å². The first-order chi connectivity index (χ1) is 14.9. The van der Waals surface area contributed by atoms with E-state index in [1.807, 2.05) is 12.1 Å². The maximum atomic E-state index is 13.9. The molecule has 2 saturated heterocycles. The molecule has 4 heteroatoms. The summed E-state index contributed by atoms with van der Waals surface area (Å²) in [7, 11) is 4.73. The molecule has 31 heavy (non-hydrogen) atoms. The van der Waals surface area contributed by atoms with Gasteiger partial charge in [-0.1, -0.05) is 48.5 Å². The van der Waals surface area contributed by atoms with Gasteiger partial charge >= 0.3 is 5.97 Å². The average Bonchev–Trinajstić information content (AvgIpc) is 3.56. The molecule has 5 fully saturated rings. The van der Waals surface area contributed by atoms with E-state index in [2.05, 4.69) is 57.4 Å². The van der Waals surface area contributed by atoms with Crippen LogP contribution in [0.2, 0.25) is 0 Å². The van der Waals surface area contributed by atoms with Crippen LogP contribution in [0, 0.1) is 17.8 Å². The van der Waals surface area contributed by atoms with Gasteiger partial charge in [-0.25, -0.2) is 0 Å². The van der Waals surface area contributed by atoms with E-state index in [-0.39, 0.29) is 17.7 Å². The highest BCUT2D eigenvalue weighted by Gasteiger charge is 2.96. The minimum absolute atomic E-state index is 0.0407. The van der Waals surface area contributed by atoms with E-state index < -0.39 is 5.41 Å². The van der Waals surface area contributed by atoms with Gasteiger partial charge < -0.3 is 14.0 Å². The molecule has 158 valence electrons. The smallest absolute Gasteiger partial charge is 0.321 e. The highest BCUT2D eigenvalue weighted by molar-refractivity contribution is 5.97. The largest absolute Gasteiger partial charge is 0.461 e. The number of esters is 1. The fourth-order valence-corrected chi connectivity index (χ4v) is 8.77. The van der Waals surface area contributed by atoms with Crippen LogP contribution in [0.25, 0.3) is 11.1 Å². The summed E-state index contributed by atoms with van der Waals surface area (Å²) in [5, 5.41) is 0. The van der Waals surface area contributed by atoms with E-state index in [1.54, 1.807) is 0 Å². The number of rotatable bonds is 2. The van der Waals surface area contributed by atoms with Crippen LogP contribution >= 0.6 is 0 Å². The van der Waals surface area contributed by atoms with E-state index in [4.69, 9.17) is 9.47 Å². The Morgan fingerprint density at radius 3 is 2.32 bits per heavy atom. The van der Waals surface area contributed by atoms with Crippen molar-refractivity contribution < 1.29 is 18.8 Å². The second-order valence-electron chi connectivity index (χ2n) is 11.5. The van der Waals surface area contributed by atoms with Gasteiger partial charge in [0.15, 0.2) is 5.60 Å². The van der Waals surface area contributed by atoms with Crippen molar-refractivity contribution in [2.75, 3.05) is 14.1 Å². The Hall–Kier alpha value is -2.17. The van der Waals surface area contributed by atoms with Gasteiger partial charge in [-0.05, 0) is 35.6 Å². The molecule has 3 saturated carbocycles. The number of fused-ring (bicyclic) bond motifs is 4. The SMILES string of the molecule is CC1(C(=O)O[C@H]2CC3C4C2CC2C5OC25C4[N+]3(C)C)c2ccccc2-c2ccccc21. The predicted octanol–water partition coefficient (Wildman–Crippen LogP) is 3.52. The van der Waals surface area contributed by atoms with Crippen molar-refractivity contribution in [1.29, 1.82) is 0 Å². The maximum Gasteiger partial charge on any atom is 0.321 e. The number of nitrogens with zero attached hydrogens (tertiary/aromatic N) is 1. The van der Waals surface area contributed by atoms with Crippen molar-refractivity contribution in [3.8, 4) is 11.1 Å². The molecule has 8 rings (SSSR count). The van der Waals surface area contributed by atoms with E-state index >= 15 is 0 Å². The van der Waals surface area contributed by atoms with Crippen LogP contribution in [0.5, 0.6) is 0 Å². The lowest BCUT2D eigenvalue weighted by Crippen LogP contribution is -2.77. The van der Waals surface area contributed by atoms with Gasteiger partial charge in [-0.3, -0.25) is 4.79 Å². The zero-order valence-corrected chi connectivity index (χ0v) is 18.2. The first kappa shape index (κ1) is 17.4. The molecule has 0 bridgehead atoms. The topological polar surface area (TPSA) is 38.8 Å². The number of carbonyl (C=O) groups is 1. The summed E-state index contributed by atoms with van der Waals surface area (Å²) in [4.78, 5) is 13.9. The monoisotopic (exact) mass is 414 g/mol. The lowest BCUT2D eigenvalue weighted by Gasteiger charge is -2.60. The third-order valence-electron chi connectivity index (χ3n) is 10.3. The summed E-state index contributed by atoms with van der Waals surface area (Å²) in [5.41, 5.74) is 3.95. The third-order valence-corrected chi connectivity index (χ3v) is 10.3. The van der Waals surface area contributed by atoms with E-state index in [0.717, 1.165) is 33.2 Å². The highest BCUT2D eigenvalue weighted by Crippen LogP contribution is 2.80. The average molecular weight is 415 g/mol. The number of ether oxygens (including phenoxy) is 2. The van der Waals surface area contributed by atoms with Crippen LogP contribution in [-0.2, 0) is 19.7 Å². The highest BCUT2D eigenvalue weighted by atomic mass is 16.7. The predicted molar refractivity (Wildman–Crippen MR) is 115 cm³/mol. The Balaban J connectivity index is 1.15. The number of hydrogen-bond donors (Lipinski definition) is 0. The molecule has 4 aliphatic carbocycles. The molecule has 7 unspecified atom stereocenters. The Kier molecular flexibility index (Phi) is 2.76.